The Hall–Kier alpha value is -3.54. The van der Waals surface area contributed by atoms with Crippen LogP contribution in [0, 0.1) is 0 Å². The first-order valence-electron chi connectivity index (χ1n) is 14.4. The van der Waals surface area contributed by atoms with Crippen LogP contribution in [0.5, 0.6) is 0 Å². The number of aliphatic hydroxyl groups excluding tert-OH is 1. The number of piperazine rings is 1. The van der Waals surface area contributed by atoms with Crippen molar-refractivity contribution in [1.29, 1.82) is 0 Å². The van der Waals surface area contributed by atoms with Crippen molar-refractivity contribution in [3.05, 3.63) is 60.3 Å². The molecule has 1 spiro atoms. The van der Waals surface area contributed by atoms with Gasteiger partial charge in [0.2, 0.25) is 21.7 Å². The van der Waals surface area contributed by atoms with Crippen LogP contribution in [0.4, 0.5) is 23.1 Å². The van der Waals surface area contributed by atoms with Gasteiger partial charge in [0.1, 0.15) is 5.82 Å². The van der Waals surface area contributed by atoms with Crippen LogP contribution >= 0.6 is 0 Å². The summed E-state index contributed by atoms with van der Waals surface area (Å²) in [7, 11) is -3.70. The topological polar surface area (TPSA) is 128 Å². The number of sulfone groups is 1. The number of carbonyl (C=O) groups is 1. The fourth-order valence-corrected chi connectivity index (χ4v) is 7.77. The molecular formula is C30H34N6O4S. The number of anilines is 4. The molecule has 7 rings (SSSR count). The van der Waals surface area contributed by atoms with Crippen LogP contribution in [0.15, 0.2) is 64.5 Å². The predicted octanol–water partition coefficient (Wildman–Crippen LogP) is 3.14. The minimum Gasteiger partial charge on any atom is -0.393 e. The number of aromatic nitrogens is 2. The molecule has 3 aromatic rings. The number of nitrogens with zero attached hydrogens (tertiary/aromatic N) is 4. The van der Waals surface area contributed by atoms with Crippen LogP contribution in [0.1, 0.15) is 44.1 Å². The molecule has 10 nitrogen and oxygen atoms in total. The number of rotatable bonds is 6. The number of hydrogen-bond acceptors (Lipinski definition) is 9. The van der Waals surface area contributed by atoms with Gasteiger partial charge in [-0.2, -0.15) is 4.98 Å². The zero-order valence-electron chi connectivity index (χ0n) is 22.8. The van der Waals surface area contributed by atoms with Crippen molar-refractivity contribution in [3.63, 3.8) is 0 Å². The Bertz CT molecular complexity index is 1580. The van der Waals surface area contributed by atoms with Gasteiger partial charge in [-0.3, -0.25) is 9.69 Å². The second-order valence-corrected chi connectivity index (χ2v) is 13.5. The number of hydrogen-bond donors (Lipinski definition) is 3. The van der Waals surface area contributed by atoms with E-state index in [4.69, 9.17) is 4.98 Å². The smallest absolute Gasteiger partial charge is 0.239 e. The van der Waals surface area contributed by atoms with E-state index >= 15 is 0 Å². The predicted molar refractivity (Wildman–Crippen MR) is 155 cm³/mol. The van der Waals surface area contributed by atoms with Crippen LogP contribution < -0.4 is 20.4 Å². The first-order valence-corrected chi connectivity index (χ1v) is 15.9. The van der Waals surface area contributed by atoms with Crippen LogP contribution in [0.3, 0.4) is 0 Å². The van der Waals surface area contributed by atoms with Crippen molar-refractivity contribution >= 4 is 38.9 Å². The van der Waals surface area contributed by atoms with Crippen molar-refractivity contribution < 1.29 is 18.3 Å². The number of carbonyl (C=O) groups excluding carboxylic acids is 1. The third-order valence-corrected chi connectivity index (χ3v) is 10.7. The summed E-state index contributed by atoms with van der Waals surface area (Å²) >= 11 is 0. The number of fused-ring (bicyclic) bond motifs is 2. The van der Waals surface area contributed by atoms with Crippen LogP contribution in [-0.4, -0.2) is 67.7 Å². The lowest BCUT2D eigenvalue weighted by atomic mass is 9.92. The molecule has 2 aromatic carbocycles. The standard InChI is InChI=1S/C30H34N6O4S/c37-23-5-1-4-22(17-23)36-27-26(30(11-12-30)28(36)38)19-32-29(34-27)33-20-7-9-24(10-8-20)41(39,40)25-6-2-3-21(18-25)35-15-13-31-14-16-35/h2-3,6-10,18-19,22-23,31,37H,1,4-5,11-17H2,(H,32,33,34)/t22-,23-/m1/s1. The van der Waals surface area contributed by atoms with E-state index in [0.29, 0.717) is 23.9 Å². The maximum atomic E-state index is 13.5. The highest BCUT2D eigenvalue weighted by Crippen LogP contribution is 2.57. The molecule has 214 valence electrons. The van der Waals surface area contributed by atoms with Crippen molar-refractivity contribution in [3.8, 4) is 0 Å². The molecule has 11 heteroatoms. The Labute approximate surface area is 239 Å². The molecule has 0 bridgehead atoms. The minimum absolute atomic E-state index is 0.0673. The van der Waals surface area contributed by atoms with Crippen molar-refractivity contribution in [2.75, 3.05) is 41.3 Å². The summed E-state index contributed by atoms with van der Waals surface area (Å²) in [6, 6.07) is 13.6. The van der Waals surface area contributed by atoms with Gasteiger partial charge in [-0.15, -0.1) is 0 Å². The third-order valence-electron chi connectivity index (χ3n) is 8.91. The third kappa shape index (κ3) is 4.65. The summed E-state index contributed by atoms with van der Waals surface area (Å²) in [5, 5.41) is 16.8. The van der Waals surface area contributed by atoms with Gasteiger partial charge in [0.05, 0.1) is 21.3 Å². The summed E-state index contributed by atoms with van der Waals surface area (Å²) in [6.45, 7) is 3.42. The molecule has 0 radical (unpaired) electrons. The highest BCUT2D eigenvalue weighted by Gasteiger charge is 2.61. The van der Waals surface area contributed by atoms with Crippen LogP contribution in [0.25, 0.3) is 0 Å². The van der Waals surface area contributed by atoms with Crippen molar-refractivity contribution in [2.24, 2.45) is 0 Å². The Morgan fingerprint density at radius 1 is 1.02 bits per heavy atom. The van der Waals surface area contributed by atoms with E-state index in [9.17, 15) is 18.3 Å². The lowest BCUT2D eigenvalue weighted by Gasteiger charge is -2.33. The second kappa shape index (κ2) is 10.1. The molecule has 4 aliphatic rings. The summed E-state index contributed by atoms with van der Waals surface area (Å²) in [5.74, 6) is 1.05. The summed E-state index contributed by atoms with van der Waals surface area (Å²) < 4.78 is 26.9. The lowest BCUT2D eigenvalue weighted by molar-refractivity contribution is -0.121. The molecular weight excluding hydrogens is 540 g/mol. The molecule has 1 amide bonds. The van der Waals surface area contributed by atoms with Gasteiger partial charge in [-0.25, -0.2) is 13.4 Å². The molecule has 3 fully saturated rings. The molecule has 3 heterocycles. The molecule has 3 N–H and O–H groups in total. The van der Waals surface area contributed by atoms with E-state index in [0.717, 1.165) is 69.5 Å². The minimum atomic E-state index is -3.70. The molecule has 2 aliphatic heterocycles. The fourth-order valence-electron chi connectivity index (χ4n) is 6.47. The Kier molecular flexibility index (Phi) is 6.48. The Morgan fingerprint density at radius 2 is 1.80 bits per heavy atom. The first kappa shape index (κ1) is 26.4. The van der Waals surface area contributed by atoms with Crippen molar-refractivity contribution in [1.82, 2.24) is 15.3 Å². The van der Waals surface area contributed by atoms with Gasteiger partial charge < -0.3 is 20.6 Å². The molecule has 2 atom stereocenters. The average molecular weight is 575 g/mol. The average Bonchev–Trinajstić information content (AvgIpc) is 3.76. The van der Waals surface area contributed by atoms with Gasteiger partial charge in [-0.1, -0.05) is 6.07 Å². The normalized spacial score (nSPS) is 23.5. The van der Waals surface area contributed by atoms with E-state index < -0.39 is 21.4 Å². The van der Waals surface area contributed by atoms with Crippen LogP contribution in [-0.2, 0) is 20.0 Å². The van der Waals surface area contributed by atoms with Crippen molar-refractivity contribution in [2.45, 2.75) is 65.9 Å². The maximum absolute atomic E-state index is 13.5. The number of nitrogens with one attached hydrogen (secondary N) is 2. The lowest BCUT2D eigenvalue weighted by Crippen LogP contribution is -2.44. The van der Waals surface area contributed by atoms with E-state index in [1.54, 1.807) is 48.7 Å². The Morgan fingerprint density at radius 3 is 2.54 bits per heavy atom. The van der Waals surface area contributed by atoms with E-state index in [2.05, 4.69) is 20.5 Å². The van der Waals surface area contributed by atoms with E-state index in [1.807, 2.05) is 11.0 Å². The van der Waals surface area contributed by atoms with E-state index in [1.165, 1.54) is 0 Å². The van der Waals surface area contributed by atoms with Gasteiger partial charge in [-0.05, 0) is 81.0 Å². The monoisotopic (exact) mass is 574 g/mol. The molecule has 2 saturated carbocycles. The second-order valence-electron chi connectivity index (χ2n) is 11.5. The fraction of sp³-hybridized carbons (Fsp3) is 0.433. The highest BCUT2D eigenvalue weighted by molar-refractivity contribution is 7.91. The van der Waals surface area contributed by atoms with Gasteiger partial charge in [0.25, 0.3) is 0 Å². The summed E-state index contributed by atoms with van der Waals surface area (Å²) in [5.41, 5.74) is 1.91. The van der Waals surface area contributed by atoms with Crippen LogP contribution in [0.2, 0.25) is 0 Å². The van der Waals surface area contributed by atoms with Gasteiger partial charge >= 0.3 is 0 Å². The zero-order chi connectivity index (χ0) is 28.2. The first-order chi connectivity index (χ1) is 19.8. The zero-order valence-corrected chi connectivity index (χ0v) is 23.6. The SMILES string of the molecule is O=C1N([C@@H]2CCC[C@@H](O)C2)c2nc(Nc3ccc(S(=O)(=O)c4cccc(N5CCNCC5)c4)cc3)ncc2C12CC2. The van der Waals surface area contributed by atoms with Gasteiger partial charge in [0.15, 0.2) is 0 Å². The number of aliphatic hydroxyl groups is 1. The Balaban J connectivity index is 1.11. The summed E-state index contributed by atoms with van der Waals surface area (Å²) in [4.78, 5) is 27.2. The van der Waals surface area contributed by atoms with E-state index in [-0.39, 0.29) is 21.7 Å². The quantitative estimate of drug-likeness (QED) is 0.407. The molecule has 41 heavy (non-hydrogen) atoms. The number of benzene rings is 2. The molecule has 1 aromatic heterocycles. The number of amides is 1. The highest BCUT2D eigenvalue weighted by atomic mass is 32.2. The largest absolute Gasteiger partial charge is 0.393 e. The molecule has 0 unspecified atom stereocenters. The maximum Gasteiger partial charge on any atom is 0.239 e. The summed E-state index contributed by atoms with van der Waals surface area (Å²) in [6.07, 6.45) is 5.99. The van der Waals surface area contributed by atoms with Gasteiger partial charge in [0, 0.05) is 55.4 Å². The molecule has 1 saturated heterocycles. The molecule has 2 aliphatic carbocycles.